The van der Waals surface area contributed by atoms with Crippen molar-refractivity contribution in [2.45, 2.75) is 47.1 Å². The van der Waals surface area contributed by atoms with Gasteiger partial charge in [-0.05, 0) is 62.1 Å². The van der Waals surface area contributed by atoms with Crippen LogP contribution in [0, 0.1) is 5.92 Å². The Morgan fingerprint density at radius 3 is 2.22 bits per heavy atom. The van der Waals surface area contributed by atoms with Gasteiger partial charge in [0.2, 0.25) is 0 Å². The van der Waals surface area contributed by atoms with Crippen molar-refractivity contribution in [2.75, 3.05) is 6.61 Å². The molecule has 0 fully saturated rings. The summed E-state index contributed by atoms with van der Waals surface area (Å²) in [6.45, 7) is 10.3. The lowest BCUT2D eigenvalue weighted by molar-refractivity contribution is 0.0518. The molecule has 6 nitrogen and oxygen atoms in total. The van der Waals surface area contributed by atoms with Crippen LogP contribution in [0.2, 0.25) is 0 Å². The molecule has 0 spiro atoms. The van der Waals surface area contributed by atoms with Gasteiger partial charge in [0, 0.05) is 17.2 Å². The van der Waals surface area contributed by atoms with Crippen molar-refractivity contribution in [1.29, 1.82) is 0 Å². The number of hydrogen-bond donors (Lipinski definition) is 1. The molecule has 1 atom stereocenters. The monoisotopic (exact) mass is 433 g/mol. The van der Waals surface area contributed by atoms with Crippen LogP contribution in [0.25, 0.3) is 16.9 Å². The van der Waals surface area contributed by atoms with Crippen molar-refractivity contribution in [3.05, 3.63) is 71.4 Å². The molecule has 1 amide bonds. The van der Waals surface area contributed by atoms with Crippen LogP contribution in [0.1, 0.15) is 61.0 Å². The minimum absolute atomic E-state index is 0.0816. The van der Waals surface area contributed by atoms with Crippen LogP contribution in [-0.2, 0) is 11.2 Å². The predicted octanol–water partition coefficient (Wildman–Crippen LogP) is 5.05. The van der Waals surface area contributed by atoms with Gasteiger partial charge in [-0.25, -0.2) is 9.48 Å². The van der Waals surface area contributed by atoms with E-state index in [1.807, 2.05) is 31.2 Å². The normalized spacial score (nSPS) is 11.9. The number of ether oxygens (including phenoxy) is 1. The summed E-state index contributed by atoms with van der Waals surface area (Å²) in [5.74, 6) is -0.220. The maximum absolute atomic E-state index is 12.5. The zero-order valence-corrected chi connectivity index (χ0v) is 19.4. The maximum atomic E-state index is 12.5. The summed E-state index contributed by atoms with van der Waals surface area (Å²) in [4.78, 5) is 24.9. The summed E-state index contributed by atoms with van der Waals surface area (Å²) >= 11 is 0. The van der Waals surface area contributed by atoms with E-state index in [0.717, 1.165) is 23.4 Å². The predicted molar refractivity (Wildman–Crippen MR) is 126 cm³/mol. The topological polar surface area (TPSA) is 73.2 Å². The average Bonchev–Trinajstić information content (AvgIpc) is 3.25. The van der Waals surface area contributed by atoms with Crippen LogP contribution in [-0.4, -0.2) is 34.3 Å². The molecule has 0 saturated carbocycles. The van der Waals surface area contributed by atoms with E-state index in [-0.39, 0.29) is 24.2 Å². The lowest BCUT2D eigenvalue weighted by Gasteiger charge is -2.17. The Labute approximate surface area is 189 Å². The number of hydrogen-bond acceptors (Lipinski definition) is 4. The van der Waals surface area contributed by atoms with E-state index in [1.165, 1.54) is 5.56 Å². The minimum atomic E-state index is -0.462. The van der Waals surface area contributed by atoms with Gasteiger partial charge in [0.1, 0.15) is 0 Å². The molecule has 0 aliphatic heterocycles. The summed E-state index contributed by atoms with van der Waals surface area (Å²) in [7, 11) is 0. The zero-order valence-electron chi connectivity index (χ0n) is 19.4. The summed E-state index contributed by atoms with van der Waals surface area (Å²) in [5.41, 5.74) is 4.53. The lowest BCUT2D eigenvalue weighted by atomic mass is 10.1. The Hall–Kier alpha value is -3.41. The maximum Gasteiger partial charge on any atom is 0.358 e. The fourth-order valence-electron chi connectivity index (χ4n) is 3.21. The molecule has 2 aromatic carbocycles. The minimum Gasteiger partial charge on any atom is -0.461 e. The smallest absolute Gasteiger partial charge is 0.358 e. The standard InChI is InChI=1S/C26H31N3O3/c1-6-19-8-10-20(11-9-19)24-16-23(26(31)32-7-2)28-29(24)22-14-12-21(13-15-22)25(30)27-18(5)17(3)4/h8-18H,6-7H2,1-5H3,(H,27,30)/t18-/m0/s1. The molecule has 0 radical (unpaired) electrons. The third-order valence-corrected chi connectivity index (χ3v) is 5.58. The second-order valence-corrected chi connectivity index (χ2v) is 8.15. The van der Waals surface area contributed by atoms with E-state index in [9.17, 15) is 9.59 Å². The molecule has 0 saturated heterocycles. The quantitative estimate of drug-likeness (QED) is 0.505. The molecule has 0 aliphatic rings. The summed E-state index contributed by atoms with van der Waals surface area (Å²) < 4.78 is 6.86. The van der Waals surface area contributed by atoms with Crippen LogP contribution >= 0.6 is 0 Å². The van der Waals surface area contributed by atoms with Crippen LogP contribution in [0.5, 0.6) is 0 Å². The molecular formula is C26H31N3O3. The largest absolute Gasteiger partial charge is 0.461 e. The number of esters is 1. The number of benzene rings is 2. The van der Waals surface area contributed by atoms with E-state index in [4.69, 9.17) is 4.74 Å². The Kier molecular flexibility index (Phi) is 7.46. The van der Waals surface area contributed by atoms with Gasteiger partial charge in [0.15, 0.2) is 5.69 Å². The van der Waals surface area contributed by atoms with Crippen molar-refractivity contribution in [2.24, 2.45) is 5.92 Å². The number of nitrogens with one attached hydrogen (secondary N) is 1. The first-order valence-electron chi connectivity index (χ1n) is 11.1. The molecule has 32 heavy (non-hydrogen) atoms. The third kappa shape index (κ3) is 5.25. The number of aryl methyl sites for hydroxylation is 1. The molecule has 1 heterocycles. The highest BCUT2D eigenvalue weighted by molar-refractivity contribution is 5.94. The fraction of sp³-hybridized carbons (Fsp3) is 0.346. The Balaban J connectivity index is 1.96. The lowest BCUT2D eigenvalue weighted by Crippen LogP contribution is -2.36. The number of carbonyl (C=O) groups is 2. The second-order valence-electron chi connectivity index (χ2n) is 8.15. The number of rotatable bonds is 8. The van der Waals surface area contributed by atoms with E-state index >= 15 is 0 Å². The molecule has 1 aromatic heterocycles. The van der Waals surface area contributed by atoms with Crippen LogP contribution in [0.4, 0.5) is 0 Å². The van der Waals surface area contributed by atoms with Crippen molar-refractivity contribution >= 4 is 11.9 Å². The molecular weight excluding hydrogens is 402 g/mol. The third-order valence-electron chi connectivity index (χ3n) is 5.58. The van der Waals surface area contributed by atoms with Gasteiger partial charge >= 0.3 is 5.97 Å². The number of nitrogens with zero attached hydrogens (tertiary/aromatic N) is 2. The van der Waals surface area contributed by atoms with E-state index in [2.05, 4.69) is 43.3 Å². The van der Waals surface area contributed by atoms with Crippen molar-refractivity contribution < 1.29 is 14.3 Å². The van der Waals surface area contributed by atoms with E-state index in [1.54, 1.807) is 29.8 Å². The summed E-state index contributed by atoms with van der Waals surface area (Å²) in [6.07, 6.45) is 0.951. The SMILES string of the molecule is CCOC(=O)c1cc(-c2ccc(CC)cc2)n(-c2ccc(C(=O)N[C@@H](C)C(C)C)cc2)n1. The highest BCUT2D eigenvalue weighted by Gasteiger charge is 2.18. The molecule has 1 N–H and O–H groups in total. The number of aromatic nitrogens is 2. The Bertz CT molecular complexity index is 1070. The van der Waals surface area contributed by atoms with E-state index < -0.39 is 5.97 Å². The van der Waals surface area contributed by atoms with Crippen molar-refractivity contribution in [3.63, 3.8) is 0 Å². The first-order valence-corrected chi connectivity index (χ1v) is 11.1. The van der Waals surface area contributed by atoms with Crippen molar-refractivity contribution in [3.8, 4) is 16.9 Å². The van der Waals surface area contributed by atoms with Gasteiger partial charge in [-0.1, -0.05) is 45.0 Å². The Morgan fingerprint density at radius 1 is 1.00 bits per heavy atom. The van der Waals surface area contributed by atoms with Crippen LogP contribution < -0.4 is 5.32 Å². The molecule has 6 heteroatoms. The van der Waals surface area contributed by atoms with Gasteiger partial charge in [-0.15, -0.1) is 0 Å². The first kappa shape index (κ1) is 23.3. The molecule has 0 aliphatic carbocycles. The van der Waals surface area contributed by atoms with Gasteiger partial charge in [-0.3, -0.25) is 4.79 Å². The van der Waals surface area contributed by atoms with Gasteiger partial charge in [0.25, 0.3) is 5.91 Å². The molecule has 3 rings (SSSR count). The average molecular weight is 434 g/mol. The summed E-state index contributed by atoms with van der Waals surface area (Å²) in [6, 6.07) is 17.2. The molecule has 0 bridgehead atoms. The Morgan fingerprint density at radius 2 is 1.66 bits per heavy atom. The summed E-state index contributed by atoms with van der Waals surface area (Å²) in [5, 5.41) is 7.52. The number of carbonyl (C=O) groups excluding carboxylic acids is 2. The zero-order chi connectivity index (χ0) is 23.3. The molecule has 3 aromatic rings. The first-order chi connectivity index (χ1) is 15.3. The van der Waals surface area contributed by atoms with Crippen LogP contribution in [0.3, 0.4) is 0 Å². The van der Waals surface area contributed by atoms with Gasteiger partial charge in [0.05, 0.1) is 18.0 Å². The highest BCUT2D eigenvalue weighted by Crippen LogP contribution is 2.25. The highest BCUT2D eigenvalue weighted by atomic mass is 16.5. The van der Waals surface area contributed by atoms with E-state index in [0.29, 0.717) is 11.5 Å². The molecule has 0 unspecified atom stereocenters. The number of amides is 1. The van der Waals surface area contributed by atoms with Crippen LogP contribution in [0.15, 0.2) is 54.6 Å². The van der Waals surface area contributed by atoms with Crippen molar-refractivity contribution in [1.82, 2.24) is 15.1 Å². The van der Waals surface area contributed by atoms with Gasteiger partial charge in [-0.2, -0.15) is 5.10 Å². The molecule has 168 valence electrons. The second kappa shape index (κ2) is 10.3. The van der Waals surface area contributed by atoms with Gasteiger partial charge < -0.3 is 10.1 Å². The fourth-order valence-corrected chi connectivity index (χ4v) is 3.21.